The molecule has 0 bridgehead atoms. The number of rotatable bonds is 3. The molecule has 1 saturated carbocycles. The van der Waals surface area contributed by atoms with Gasteiger partial charge in [0.2, 0.25) is 5.91 Å². The standard InChI is InChI=1S/C15H21FN2O/c1-11-5-4-8-15(17,9-11)14(19)18-10-12-6-2-3-7-13(12)16/h2-3,6-7,11H,4-5,8-10,17H2,1H3,(H,18,19). The van der Waals surface area contributed by atoms with Gasteiger partial charge in [-0.25, -0.2) is 4.39 Å². The van der Waals surface area contributed by atoms with E-state index in [2.05, 4.69) is 12.2 Å². The molecular weight excluding hydrogens is 243 g/mol. The van der Waals surface area contributed by atoms with E-state index < -0.39 is 5.54 Å². The van der Waals surface area contributed by atoms with Gasteiger partial charge in [0.1, 0.15) is 5.82 Å². The summed E-state index contributed by atoms with van der Waals surface area (Å²) in [7, 11) is 0. The Morgan fingerprint density at radius 1 is 1.53 bits per heavy atom. The lowest BCUT2D eigenvalue weighted by Gasteiger charge is -2.35. The fourth-order valence-corrected chi connectivity index (χ4v) is 2.79. The van der Waals surface area contributed by atoms with Gasteiger partial charge in [0.15, 0.2) is 0 Å². The van der Waals surface area contributed by atoms with E-state index in [4.69, 9.17) is 5.73 Å². The molecule has 4 heteroatoms. The van der Waals surface area contributed by atoms with Gasteiger partial charge in [0, 0.05) is 12.1 Å². The maximum Gasteiger partial charge on any atom is 0.240 e. The molecule has 2 unspecified atom stereocenters. The molecule has 19 heavy (non-hydrogen) atoms. The highest BCUT2D eigenvalue weighted by atomic mass is 19.1. The Hall–Kier alpha value is -1.42. The average Bonchev–Trinajstić information content (AvgIpc) is 2.37. The van der Waals surface area contributed by atoms with Crippen LogP contribution < -0.4 is 11.1 Å². The molecule has 0 radical (unpaired) electrons. The Kier molecular flexibility index (Phi) is 4.20. The molecule has 1 aromatic rings. The fourth-order valence-electron chi connectivity index (χ4n) is 2.79. The molecule has 0 aromatic heterocycles. The lowest BCUT2D eigenvalue weighted by atomic mass is 9.76. The van der Waals surface area contributed by atoms with Crippen molar-refractivity contribution in [2.45, 2.75) is 44.7 Å². The van der Waals surface area contributed by atoms with Crippen LogP contribution in [0.2, 0.25) is 0 Å². The van der Waals surface area contributed by atoms with E-state index in [1.54, 1.807) is 18.2 Å². The van der Waals surface area contributed by atoms with Crippen molar-refractivity contribution in [3.8, 4) is 0 Å². The van der Waals surface area contributed by atoms with E-state index in [0.29, 0.717) is 24.3 Å². The molecule has 1 aliphatic rings. The Balaban J connectivity index is 1.96. The SMILES string of the molecule is CC1CCCC(N)(C(=O)NCc2ccccc2F)C1. The molecule has 0 heterocycles. The minimum Gasteiger partial charge on any atom is -0.350 e. The van der Waals surface area contributed by atoms with Gasteiger partial charge in [-0.1, -0.05) is 38.0 Å². The molecule has 104 valence electrons. The average molecular weight is 264 g/mol. The zero-order valence-electron chi connectivity index (χ0n) is 11.3. The maximum atomic E-state index is 13.5. The normalized spacial score (nSPS) is 27.0. The summed E-state index contributed by atoms with van der Waals surface area (Å²) in [6.07, 6.45) is 3.51. The van der Waals surface area contributed by atoms with Crippen LogP contribution >= 0.6 is 0 Å². The summed E-state index contributed by atoms with van der Waals surface area (Å²) in [5, 5.41) is 2.77. The predicted molar refractivity (Wildman–Crippen MR) is 72.8 cm³/mol. The Morgan fingerprint density at radius 3 is 2.95 bits per heavy atom. The van der Waals surface area contributed by atoms with E-state index in [0.717, 1.165) is 12.8 Å². The second-order valence-corrected chi connectivity index (χ2v) is 5.63. The van der Waals surface area contributed by atoms with Crippen molar-refractivity contribution in [2.24, 2.45) is 11.7 Å². The number of carbonyl (C=O) groups is 1. The molecule has 1 aliphatic carbocycles. The number of nitrogens with one attached hydrogen (secondary N) is 1. The highest BCUT2D eigenvalue weighted by Crippen LogP contribution is 2.30. The van der Waals surface area contributed by atoms with Crippen LogP contribution in [0.5, 0.6) is 0 Å². The van der Waals surface area contributed by atoms with E-state index in [-0.39, 0.29) is 18.3 Å². The summed E-state index contributed by atoms with van der Waals surface area (Å²) in [5.74, 6) is 0.00569. The third kappa shape index (κ3) is 3.32. The van der Waals surface area contributed by atoms with Gasteiger partial charge < -0.3 is 11.1 Å². The second-order valence-electron chi connectivity index (χ2n) is 5.63. The monoisotopic (exact) mass is 264 g/mol. The fraction of sp³-hybridized carbons (Fsp3) is 0.533. The van der Waals surface area contributed by atoms with Gasteiger partial charge >= 0.3 is 0 Å². The molecule has 3 nitrogen and oxygen atoms in total. The molecule has 0 aliphatic heterocycles. The number of halogens is 1. The minimum absolute atomic E-state index is 0.165. The topological polar surface area (TPSA) is 55.1 Å². The zero-order valence-corrected chi connectivity index (χ0v) is 11.3. The first-order valence-corrected chi connectivity index (χ1v) is 6.82. The summed E-state index contributed by atoms with van der Waals surface area (Å²) >= 11 is 0. The highest BCUT2D eigenvalue weighted by molar-refractivity contribution is 5.86. The molecule has 1 aromatic carbocycles. The number of nitrogens with two attached hydrogens (primary N) is 1. The number of benzene rings is 1. The smallest absolute Gasteiger partial charge is 0.240 e. The molecular formula is C15H21FN2O. The minimum atomic E-state index is -0.789. The van der Waals surface area contributed by atoms with E-state index in [9.17, 15) is 9.18 Å². The molecule has 0 saturated heterocycles. The Bertz CT molecular complexity index is 463. The summed E-state index contributed by atoms with van der Waals surface area (Å²) in [6.45, 7) is 2.31. The van der Waals surface area contributed by atoms with E-state index >= 15 is 0 Å². The Labute approximate surface area is 113 Å². The van der Waals surface area contributed by atoms with Crippen molar-refractivity contribution in [2.75, 3.05) is 0 Å². The van der Waals surface area contributed by atoms with Gasteiger partial charge in [-0.15, -0.1) is 0 Å². The van der Waals surface area contributed by atoms with Gasteiger partial charge in [-0.2, -0.15) is 0 Å². The molecule has 0 spiro atoms. The summed E-state index contributed by atoms with van der Waals surface area (Å²) in [5.41, 5.74) is 5.89. The second kappa shape index (κ2) is 5.70. The van der Waals surface area contributed by atoms with Crippen LogP contribution in [0.4, 0.5) is 4.39 Å². The van der Waals surface area contributed by atoms with Crippen LogP contribution in [-0.4, -0.2) is 11.4 Å². The first-order valence-electron chi connectivity index (χ1n) is 6.82. The summed E-state index contributed by atoms with van der Waals surface area (Å²) in [4.78, 5) is 12.2. The third-order valence-corrected chi connectivity index (χ3v) is 3.88. The number of amides is 1. The van der Waals surface area contributed by atoms with E-state index in [1.165, 1.54) is 6.07 Å². The van der Waals surface area contributed by atoms with Gasteiger partial charge in [0.25, 0.3) is 0 Å². The molecule has 1 fully saturated rings. The van der Waals surface area contributed by atoms with Crippen LogP contribution in [0.15, 0.2) is 24.3 Å². The molecule has 3 N–H and O–H groups in total. The van der Waals surface area contributed by atoms with Crippen molar-refractivity contribution in [3.63, 3.8) is 0 Å². The number of hydrogen-bond donors (Lipinski definition) is 2. The van der Waals surface area contributed by atoms with Crippen molar-refractivity contribution in [1.29, 1.82) is 0 Å². The third-order valence-electron chi connectivity index (χ3n) is 3.88. The highest BCUT2D eigenvalue weighted by Gasteiger charge is 2.37. The number of carbonyl (C=O) groups excluding carboxylic acids is 1. The predicted octanol–water partition coefficient (Wildman–Crippen LogP) is 2.35. The van der Waals surface area contributed by atoms with Gasteiger partial charge in [-0.3, -0.25) is 4.79 Å². The Morgan fingerprint density at radius 2 is 2.26 bits per heavy atom. The van der Waals surface area contributed by atoms with Gasteiger partial charge in [0.05, 0.1) is 5.54 Å². The lowest BCUT2D eigenvalue weighted by Crippen LogP contribution is -2.56. The maximum absolute atomic E-state index is 13.5. The molecule has 2 rings (SSSR count). The summed E-state index contributed by atoms with van der Waals surface area (Å²) < 4.78 is 13.5. The van der Waals surface area contributed by atoms with Crippen molar-refractivity contribution < 1.29 is 9.18 Å². The quantitative estimate of drug-likeness (QED) is 0.880. The summed E-state index contributed by atoms with van der Waals surface area (Å²) in [6, 6.07) is 6.45. The first-order chi connectivity index (χ1) is 9.01. The molecule has 1 amide bonds. The van der Waals surface area contributed by atoms with Crippen molar-refractivity contribution in [1.82, 2.24) is 5.32 Å². The lowest BCUT2D eigenvalue weighted by molar-refractivity contribution is -0.128. The van der Waals surface area contributed by atoms with Crippen LogP contribution in [0.3, 0.4) is 0 Å². The first kappa shape index (κ1) is 14.0. The van der Waals surface area contributed by atoms with Crippen molar-refractivity contribution >= 4 is 5.91 Å². The van der Waals surface area contributed by atoms with Crippen LogP contribution in [0.1, 0.15) is 38.2 Å². The van der Waals surface area contributed by atoms with Crippen molar-refractivity contribution in [3.05, 3.63) is 35.6 Å². The van der Waals surface area contributed by atoms with Crippen LogP contribution in [0.25, 0.3) is 0 Å². The zero-order chi connectivity index (χ0) is 13.9. The largest absolute Gasteiger partial charge is 0.350 e. The number of hydrogen-bond acceptors (Lipinski definition) is 2. The van der Waals surface area contributed by atoms with Gasteiger partial charge in [-0.05, 0) is 24.8 Å². The van der Waals surface area contributed by atoms with E-state index in [1.807, 2.05) is 0 Å². The van der Waals surface area contributed by atoms with Crippen LogP contribution in [0, 0.1) is 11.7 Å². The van der Waals surface area contributed by atoms with Crippen LogP contribution in [-0.2, 0) is 11.3 Å². The molecule has 2 atom stereocenters.